The molecule has 2 atom stereocenters. The first-order valence-corrected chi connectivity index (χ1v) is 7.52. The minimum absolute atomic E-state index is 0.503. The van der Waals surface area contributed by atoms with Crippen molar-refractivity contribution in [2.24, 2.45) is 13.0 Å². The normalized spacial score (nSPS) is 25.7. The smallest absolute Gasteiger partial charge is 0.0537 e. The third kappa shape index (κ3) is 3.37. The van der Waals surface area contributed by atoms with Gasteiger partial charge in [0.05, 0.1) is 6.20 Å². The van der Waals surface area contributed by atoms with Crippen LogP contribution in [0.15, 0.2) is 12.4 Å². The molecule has 2 heterocycles. The van der Waals surface area contributed by atoms with Crippen LogP contribution in [-0.2, 0) is 7.05 Å². The minimum atomic E-state index is 0.503. The van der Waals surface area contributed by atoms with E-state index in [0.717, 1.165) is 6.54 Å². The molecule has 1 aliphatic heterocycles. The Kier molecular flexibility index (Phi) is 4.99. The molecule has 0 radical (unpaired) electrons. The zero-order valence-electron chi connectivity index (χ0n) is 12.8. The van der Waals surface area contributed by atoms with Gasteiger partial charge in [0.2, 0.25) is 0 Å². The molecule has 4 heteroatoms. The first-order valence-electron chi connectivity index (χ1n) is 7.52. The summed E-state index contributed by atoms with van der Waals surface area (Å²) in [6, 6.07) is 1.09. The van der Waals surface area contributed by atoms with Gasteiger partial charge in [-0.2, -0.15) is 5.10 Å². The minimum Gasteiger partial charge on any atom is -0.319 e. The zero-order valence-corrected chi connectivity index (χ0v) is 12.8. The van der Waals surface area contributed by atoms with Crippen LogP contribution in [-0.4, -0.2) is 40.9 Å². The van der Waals surface area contributed by atoms with Crippen molar-refractivity contribution in [3.8, 4) is 0 Å². The standard InChI is InChI=1S/C15H28N4/c1-12(2)19-8-6-5-7-13(9-16-3)15(19)14-10-17-18(4)11-14/h10-13,15-16H,5-9H2,1-4H3. The van der Waals surface area contributed by atoms with Crippen molar-refractivity contribution in [3.63, 3.8) is 0 Å². The fourth-order valence-corrected chi connectivity index (χ4v) is 3.38. The molecule has 1 N–H and O–H groups in total. The fraction of sp³-hybridized carbons (Fsp3) is 0.800. The van der Waals surface area contributed by atoms with Crippen LogP contribution < -0.4 is 5.32 Å². The van der Waals surface area contributed by atoms with Gasteiger partial charge in [-0.1, -0.05) is 6.42 Å². The molecule has 2 rings (SSSR count). The van der Waals surface area contributed by atoms with Gasteiger partial charge in [0.15, 0.2) is 0 Å². The molecule has 108 valence electrons. The van der Waals surface area contributed by atoms with Crippen molar-refractivity contribution in [3.05, 3.63) is 18.0 Å². The summed E-state index contributed by atoms with van der Waals surface area (Å²) in [5, 5.41) is 7.76. The Morgan fingerprint density at radius 3 is 2.79 bits per heavy atom. The average molecular weight is 264 g/mol. The SMILES string of the molecule is CNCC1CCCCN(C(C)C)C1c1cnn(C)c1. The number of hydrogen-bond donors (Lipinski definition) is 1. The quantitative estimate of drug-likeness (QED) is 0.905. The summed E-state index contributed by atoms with van der Waals surface area (Å²) in [4.78, 5) is 2.66. The van der Waals surface area contributed by atoms with Crippen LogP contribution in [0.1, 0.15) is 44.7 Å². The fourth-order valence-electron chi connectivity index (χ4n) is 3.38. The molecule has 1 aliphatic rings. The summed E-state index contributed by atoms with van der Waals surface area (Å²) in [5.74, 6) is 0.680. The Hall–Kier alpha value is -0.870. The lowest BCUT2D eigenvalue weighted by molar-refractivity contribution is 0.118. The number of likely N-dealkylation sites (tertiary alicyclic amines) is 1. The van der Waals surface area contributed by atoms with Gasteiger partial charge in [-0.3, -0.25) is 9.58 Å². The Morgan fingerprint density at radius 1 is 1.42 bits per heavy atom. The van der Waals surface area contributed by atoms with E-state index in [1.54, 1.807) is 0 Å². The predicted molar refractivity (Wildman–Crippen MR) is 79.1 cm³/mol. The summed E-state index contributed by atoms with van der Waals surface area (Å²) < 4.78 is 1.93. The molecule has 0 amide bonds. The van der Waals surface area contributed by atoms with E-state index >= 15 is 0 Å². The van der Waals surface area contributed by atoms with Crippen molar-refractivity contribution in [2.75, 3.05) is 20.1 Å². The van der Waals surface area contributed by atoms with Gasteiger partial charge >= 0.3 is 0 Å². The van der Waals surface area contributed by atoms with Crippen molar-refractivity contribution in [1.82, 2.24) is 20.0 Å². The number of nitrogens with zero attached hydrogens (tertiary/aromatic N) is 3. The number of hydrogen-bond acceptors (Lipinski definition) is 3. The van der Waals surface area contributed by atoms with Gasteiger partial charge in [0.1, 0.15) is 0 Å². The lowest BCUT2D eigenvalue weighted by Gasteiger charge is -2.37. The molecule has 1 aromatic heterocycles. The third-order valence-corrected chi connectivity index (χ3v) is 4.24. The van der Waals surface area contributed by atoms with Gasteiger partial charge in [-0.15, -0.1) is 0 Å². The second kappa shape index (κ2) is 6.53. The second-order valence-electron chi connectivity index (χ2n) is 6.04. The van der Waals surface area contributed by atoms with Crippen LogP contribution in [0.25, 0.3) is 0 Å². The monoisotopic (exact) mass is 264 g/mol. The van der Waals surface area contributed by atoms with E-state index < -0.39 is 0 Å². The third-order valence-electron chi connectivity index (χ3n) is 4.24. The molecule has 0 saturated carbocycles. The van der Waals surface area contributed by atoms with E-state index in [1.165, 1.54) is 31.4 Å². The molecule has 19 heavy (non-hydrogen) atoms. The van der Waals surface area contributed by atoms with Crippen LogP contribution in [0.3, 0.4) is 0 Å². The molecule has 1 aromatic rings. The van der Waals surface area contributed by atoms with Gasteiger partial charge in [0.25, 0.3) is 0 Å². The number of aromatic nitrogens is 2. The number of nitrogens with one attached hydrogen (secondary N) is 1. The molecule has 0 spiro atoms. The van der Waals surface area contributed by atoms with Crippen molar-refractivity contribution >= 4 is 0 Å². The average Bonchev–Trinajstić information content (AvgIpc) is 2.67. The summed E-state index contributed by atoms with van der Waals surface area (Å²) >= 11 is 0. The zero-order chi connectivity index (χ0) is 13.8. The summed E-state index contributed by atoms with van der Waals surface area (Å²) in [6.07, 6.45) is 8.20. The van der Waals surface area contributed by atoms with E-state index in [-0.39, 0.29) is 0 Å². The van der Waals surface area contributed by atoms with E-state index in [9.17, 15) is 0 Å². The number of rotatable bonds is 4. The Labute approximate surface area is 117 Å². The van der Waals surface area contributed by atoms with Gasteiger partial charge < -0.3 is 5.32 Å². The Morgan fingerprint density at radius 2 is 2.21 bits per heavy atom. The van der Waals surface area contributed by atoms with E-state index in [2.05, 4.69) is 42.4 Å². The topological polar surface area (TPSA) is 33.1 Å². The predicted octanol–water partition coefficient (Wildman–Crippen LogP) is 2.19. The van der Waals surface area contributed by atoms with Crippen molar-refractivity contribution < 1.29 is 0 Å². The first kappa shape index (κ1) is 14.5. The van der Waals surface area contributed by atoms with E-state index in [1.807, 2.05) is 17.9 Å². The maximum atomic E-state index is 4.38. The van der Waals surface area contributed by atoms with Crippen LogP contribution >= 0.6 is 0 Å². The highest BCUT2D eigenvalue weighted by Gasteiger charge is 2.32. The summed E-state index contributed by atoms with van der Waals surface area (Å²) in [7, 11) is 4.07. The van der Waals surface area contributed by atoms with Crippen LogP contribution in [0.2, 0.25) is 0 Å². The molecular weight excluding hydrogens is 236 g/mol. The Bertz CT molecular complexity index is 385. The molecule has 1 fully saturated rings. The van der Waals surface area contributed by atoms with Crippen LogP contribution in [0.4, 0.5) is 0 Å². The highest BCUT2D eigenvalue weighted by molar-refractivity contribution is 5.13. The molecule has 4 nitrogen and oxygen atoms in total. The Balaban J connectivity index is 2.30. The first-order chi connectivity index (χ1) is 9.13. The molecule has 1 saturated heterocycles. The second-order valence-corrected chi connectivity index (χ2v) is 6.04. The maximum absolute atomic E-state index is 4.38. The largest absolute Gasteiger partial charge is 0.319 e. The van der Waals surface area contributed by atoms with Crippen LogP contribution in [0, 0.1) is 5.92 Å². The van der Waals surface area contributed by atoms with Crippen molar-refractivity contribution in [2.45, 2.75) is 45.2 Å². The molecule has 0 aliphatic carbocycles. The summed E-state index contributed by atoms with van der Waals surface area (Å²) in [6.45, 7) is 6.91. The molecule has 0 aromatic carbocycles. The van der Waals surface area contributed by atoms with Crippen molar-refractivity contribution in [1.29, 1.82) is 0 Å². The molecular formula is C15H28N4. The highest BCUT2D eigenvalue weighted by atomic mass is 15.3. The van der Waals surface area contributed by atoms with E-state index in [0.29, 0.717) is 18.0 Å². The maximum Gasteiger partial charge on any atom is 0.0537 e. The van der Waals surface area contributed by atoms with Gasteiger partial charge in [0, 0.05) is 30.9 Å². The highest BCUT2D eigenvalue weighted by Crippen LogP contribution is 2.35. The molecule has 0 bridgehead atoms. The summed E-state index contributed by atoms with van der Waals surface area (Å²) in [5.41, 5.74) is 1.37. The lowest BCUT2D eigenvalue weighted by Crippen LogP contribution is -2.40. The van der Waals surface area contributed by atoms with Crippen LogP contribution in [0.5, 0.6) is 0 Å². The number of aryl methyl sites for hydroxylation is 1. The van der Waals surface area contributed by atoms with Gasteiger partial charge in [-0.05, 0) is 52.7 Å². The molecule has 2 unspecified atom stereocenters. The van der Waals surface area contributed by atoms with E-state index in [4.69, 9.17) is 0 Å². The lowest BCUT2D eigenvalue weighted by atomic mass is 9.90. The van der Waals surface area contributed by atoms with Gasteiger partial charge in [-0.25, -0.2) is 0 Å².